The van der Waals surface area contributed by atoms with Crippen LogP contribution in [0.3, 0.4) is 0 Å². The molecule has 0 aliphatic carbocycles. The van der Waals surface area contributed by atoms with Crippen LogP contribution in [0.5, 0.6) is 5.75 Å². The lowest BCUT2D eigenvalue weighted by atomic mass is 10.2. The van der Waals surface area contributed by atoms with Gasteiger partial charge in [-0.3, -0.25) is 0 Å². The van der Waals surface area contributed by atoms with Gasteiger partial charge in [0.2, 0.25) is 0 Å². The highest BCUT2D eigenvalue weighted by Crippen LogP contribution is 2.20. The van der Waals surface area contributed by atoms with Crippen LogP contribution in [-0.2, 0) is 13.3 Å². The van der Waals surface area contributed by atoms with Gasteiger partial charge in [-0.1, -0.05) is 0 Å². The molecule has 1 rings (SSSR count). The first-order chi connectivity index (χ1) is 13.4. The molecule has 0 unspecified atom stereocenters. The highest BCUT2D eigenvalue weighted by molar-refractivity contribution is 14.1. The number of unbranched alkanes of at least 4 members (excludes halogenated alkanes) is 1. The molecule has 0 fully saturated rings. The predicted molar refractivity (Wildman–Crippen MR) is 115 cm³/mol. The van der Waals surface area contributed by atoms with Gasteiger partial charge in [0.25, 0.3) is 0 Å². The molecule has 28 heavy (non-hydrogen) atoms. The number of amides is 1. The molecule has 0 saturated heterocycles. The van der Waals surface area contributed by atoms with Gasteiger partial charge in [-0.15, -0.1) is 0 Å². The average molecular weight is 525 g/mol. The number of halogens is 1. The van der Waals surface area contributed by atoms with E-state index in [0.717, 1.165) is 6.42 Å². The minimum absolute atomic E-state index is 0.0926. The number of hydrogen-bond donors (Lipinski definition) is 2. The van der Waals surface area contributed by atoms with E-state index >= 15 is 0 Å². The Morgan fingerprint density at radius 3 is 2.21 bits per heavy atom. The fraction of sp³-hybridized carbons (Fsp3) is 0.556. The van der Waals surface area contributed by atoms with Gasteiger partial charge in [-0.05, 0) is 74.4 Å². The second-order valence-electron chi connectivity index (χ2n) is 5.70. The third kappa shape index (κ3) is 8.43. The maximum absolute atomic E-state index is 11.9. The van der Waals surface area contributed by atoms with E-state index in [1.54, 1.807) is 12.1 Å². The van der Waals surface area contributed by atoms with Crippen LogP contribution in [-0.4, -0.2) is 52.3 Å². The molecule has 0 aliphatic rings. The summed E-state index contributed by atoms with van der Waals surface area (Å²) in [7, 11) is -2.66. The molecule has 0 atom stereocenters. The lowest BCUT2D eigenvalue weighted by Gasteiger charge is -2.28. The van der Waals surface area contributed by atoms with E-state index in [1.807, 2.05) is 43.4 Å². The number of aromatic carboxylic acids is 1. The Morgan fingerprint density at radius 1 is 1.07 bits per heavy atom. The van der Waals surface area contributed by atoms with Gasteiger partial charge in [0.1, 0.15) is 5.75 Å². The summed E-state index contributed by atoms with van der Waals surface area (Å²) >= 11 is 1.92. The van der Waals surface area contributed by atoms with Crippen LogP contribution in [0, 0.1) is 3.57 Å². The topological polar surface area (TPSA) is 103 Å². The Kier molecular flexibility index (Phi) is 11.6. The molecule has 0 radical (unpaired) electrons. The van der Waals surface area contributed by atoms with Gasteiger partial charge in [0, 0.05) is 36.0 Å². The van der Waals surface area contributed by atoms with Crippen molar-refractivity contribution in [1.82, 2.24) is 5.32 Å². The molecule has 0 aromatic heterocycles. The van der Waals surface area contributed by atoms with E-state index in [9.17, 15) is 9.59 Å². The molecule has 0 saturated carbocycles. The summed E-state index contributed by atoms with van der Waals surface area (Å²) in [6.45, 7) is 7.76. The van der Waals surface area contributed by atoms with Crippen molar-refractivity contribution in [3.05, 3.63) is 27.3 Å². The number of carboxylic acid groups (broad SMARTS) is 1. The van der Waals surface area contributed by atoms with Crippen LogP contribution in [0.25, 0.3) is 0 Å². The summed E-state index contributed by atoms with van der Waals surface area (Å²) in [6, 6.07) is 5.15. The Hall–Kier alpha value is -1.21. The zero-order chi connectivity index (χ0) is 21.0. The second kappa shape index (κ2) is 13.1. The molecule has 158 valence electrons. The Balaban J connectivity index is 2.43. The van der Waals surface area contributed by atoms with E-state index in [4.69, 9.17) is 23.1 Å². The Bertz CT molecular complexity index is 627. The summed E-state index contributed by atoms with van der Waals surface area (Å²) in [5, 5.41) is 11.8. The molecule has 1 amide bonds. The van der Waals surface area contributed by atoms with Crippen LogP contribution in [0.2, 0.25) is 6.04 Å². The van der Waals surface area contributed by atoms with Crippen LogP contribution < -0.4 is 10.1 Å². The maximum Gasteiger partial charge on any atom is 0.500 e. The zero-order valence-electron chi connectivity index (χ0n) is 16.5. The summed E-state index contributed by atoms with van der Waals surface area (Å²) in [5.41, 5.74) is 0.0926. The van der Waals surface area contributed by atoms with E-state index < -0.39 is 20.9 Å². The van der Waals surface area contributed by atoms with Crippen molar-refractivity contribution in [3.63, 3.8) is 0 Å². The Labute approximate surface area is 180 Å². The maximum atomic E-state index is 11.9. The molecule has 0 bridgehead atoms. The number of nitrogens with one attached hydrogen (secondary N) is 1. The van der Waals surface area contributed by atoms with Crippen molar-refractivity contribution in [1.29, 1.82) is 0 Å². The Morgan fingerprint density at radius 2 is 1.68 bits per heavy atom. The molecule has 0 aliphatic heterocycles. The van der Waals surface area contributed by atoms with Crippen LogP contribution >= 0.6 is 22.6 Å². The monoisotopic (exact) mass is 525 g/mol. The molecule has 8 nitrogen and oxygen atoms in total. The quantitative estimate of drug-likeness (QED) is 0.229. The number of carboxylic acids is 1. The normalized spacial score (nSPS) is 11.3. The summed E-state index contributed by atoms with van der Waals surface area (Å²) in [4.78, 5) is 23.0. The first-order valence-electron chi connectivity index (χ1n) is 9.27. The van der Waals surface area contributed by atoms with E-state index in [1.165, 1.54) is 6.07 Å². The smallest absolute Gasteiger partial charge is 0.478 e. The van der Waals surface area contributed by atoms with E-state index in [2.05, 4.69) is 5.32 Å². The lowest BCUT2D eigenvalue weighted by molar-refractivity contribution is 0.0690. The van der Waals surface area contributed by atoms with Gasteiger partial charge in [0.15, 0.2) is 0 Å². The van der Waals surface area contributed by atoms with Crippen LogP contribution in [0.1, 0.15) is 44.0 Å². The standard InChI is InChI=1S/C18H28INO7Si/c1-4-24-28(25-5-2,26-6-3)12-8-7-11-20-18(23)27-14-9-10-16(19)15(13-14)17(21)22/h9-10,13H,4-8,11-12H2,1-3H3,(H,20,23)(H,21,22). The molecular weight excluding hydrogens is 497 g/mol. The molecule has 10 heteroatoms. The van der Waals surface area contributed by atoms with Gasteiger partial charge in [-0.25, -0.2) is 9.59 Å². The minimum Gasteiger partial charge on any atom is -0.478 e. The minimum atomic E-state index is -2.66. The number of carbonyl (C=O) groups is 2. The highest BCUT2D eigenvalue weighted by atomic mass is 127. The summed E-state index contributed by atoms with van der Waals surface area (Å²) in [6.07, 6.45) is 0.865. The van der Waals surface area contributed by atoms with Crippen LogP contribution in [0.15, 0.2) is 18.2 Å². The number of benzene rings is 1. The fourth-order valence-corrected chi connectivity index (χ4v) is 5.78. The fourth-order valence-electron chi connectivity index (χ4n) is 2.53. The second-order valence-corrected chi connectivity index (χ2v) is 9.60. The molecule has 0 heterocycles. The third-order valence-electron chi connectivity index (χ3n) is 3.65. The van der Waals surface area contributed by atoms with Crippen molar-refractivity contribution in [2.75, 3.05) is 26.4 Å². The lowest BCUT2D eigenvalue weighted by Crippen LogP contribution is -2.46. The van der Waals surface area contributed by atoms with Gasteiger partial charge in [-0.2, -0.15) is 0 Å². The average Bonchev–Trinajstić information content (AvgIpc) is 2.63. The largest absolute Gasteiger partial charge is 0.500 e. The van der Waals surface area contributed by atoms with Gasteiger partial charge >= 0.3 is 20.9 Å². The molecule has 2 N–H and O–H groups in total. The zero-order valence-corrected chi connectivity index (χ0v) is 19.6. The van der Waals surface area contributed by atoms with Crippen molar-refractivity contribution >= 4 is 43.5 Å². The molecule has 1 aromatic carbocycles. The number of carbonyl (C=O) groups excluding carboxylic acids is 1. The van der Waals surface area contributed by atoms with Gasteiger partial charge in [0.05, 0.1) is 5.56 Å². The van der Waals surface area contributed by atoms with E-state index in [0.29, 0.717) is 42.4 Å². The van der Waals surface area contributed by atoms with Crippen molar-refractivity contribution in [2.45, 2.75) is 39.7 Å². The first-order valence-corrected chi connectivity index (χ1v) is 12.3. The third-order valence-corrected chi connectivity index (χ3v) is 7.74. The van der Waals surface area contributed by atoms with Crippen LogP contribution in [0.4, 0.5) is 4.79 Å². The predicted octanol–water partition coefficient (Wildman–Crippen LogP) is 3.91. The number of ether oxygens (including phenoxy) is 1. The number of hydrogen-bond acceptors (Lipinski definition) is 6. The number of rotatable bonds is 13. The van der Waals surface area contributed by atoms with Crippen molar-refractivity contribution in [3.8, 4) is 5.75 Å². The highest BCUT2D eigenvalue weighted by Gasteiger charge is 2.39. The molecule has 0 spiro atoms. The van der Waals surface area contributed by atoms with Gasteiger partial charge < -0.3 is 28.4 Å². The van der Waals surface area contributed by atoms with Crippen molar-refractivity contribution < 1.29 is 32.7 Å². The first kappa shape index (κ1) is 24.8. The SMILES string of the molecule is CCO[Si](CCCCNC(=O)Oc1ccc(I)c(C(=O)O)c1)(OCC)OCC. The van der Waals surface area contributed by atoms with Crippen molar-refractivity contribution in [2.24, 2.45) is 0 Å². The summed E-state index contributed by atoms with van der Waals surface area (Å²) in [5.74, 6) is -0.883. The molecular formula is C18H28INO7Si. The van der Waals surface area contributed by atoms with E-state index in [-0.39, 0.29) is 11.3 Å². The molecule has 1 aromatic rings. The summed E-state index contributed by atoms with van der Waals surface area (Å²) < 4.78 is 23.1.